The summed E-state index contributed by atoms with van der Waals surface area (Å²) in [4.78, 5) is 14.6. The maximum atomic E-state index is 9.51. The summed E-state index contributed by atoms with van der Waals surface area (Å²) in [6, 6.07) is 7.39. The second kappa shape index (κ2) is 8.36. The molecular formula is C19H19ClN8O. The molecule has 0 fully saturated rings. The minimum Gasteiger partial charge on any atom is -0.409 e. The summed E-state index contributed by atoms with van der Waals surface area (Å²) in [5, 5.41) is 22.2. The summed E-state index contributed by atoms with van der Waals surface area (Å²) < 4.78 is 2.02. The minimum absolute atomic E-state index is 0.281. The predicted octanol–water partition coefficient (Wildman–Crippen LogP) is 2.90. The van der Waals surface area contributed by atoms with E-state index in [0.29, 0.717) is 29.1 Å². The lowest BCUT2D eigenvalue weighted by molar-refractivity contribution is 0.317. The van der Waals surface area contributed by atoms with Gasteiger partial charge in [0.1, 0.15) is 6.33 Å². The molecule has 29 heavy (non-hydrogen) atoms. The molecule has 1 aliphatic heterocycles. The van der Waals surface area contributed by atoms with E-state index < -0.39 is 0 Å². The molecule has 148 valence electrons. The number of hydrogen-bond donors (Lipinski definition) is 1. The fraction of sp³-hybridized carbons (Fsp3) is 0.263. The second-order valence-corrected chi connectivity index (χ2v) is 7.04. The number of fused-ring (bicyclic) bond motifs is 1. The van der Waals surface area contributed by atoms with E-state index in [1.807, 2.05) is 34.6 Å². The monoisotopic (exact) mass is 410 g/mol. The van der Waals surface area contributed by atoms with Crippen LogP contribution in [0.2, 0.25) is 5.02 Å². The van der Waals surface area contributed by atoms with E-state index >= 15 is 0 Å². The third-order valence-electron chi connectivity index (χ3n) is 4.63. The first kappa shape index (κ1) is 19.0. The third-order valence-corrected chi connectivity index (χ3v) is 4.86. The first-order chi connectivity index (χ1) is 14.2. The topological polar surface area (TPSA) is 105 Å². The van der Waals surface area contributed by atoms with Crippen LogP contribution in [0, 0.1) is 0 Å². The van der Waals surface area contributed by atoms with Crippen molar-refractivity contribution in [2.24, 2.45) is 10.1 Å². The van der Waals surface area contributed by atoms with Crippen LogP contribution in [-0.4, -0.2) is 54.6 Å². The molecule has 0 atom stereocenters. The molecule has 1 aliphatic rings. The van der Waals surface area contributed by atoms with Crippen molar-refractivity contribution in [1.29, 1.82) is 0 Å². The maximum absolute atomic E-state index is 9.51. The summed E-state index contributed by atoms with van der Waals surface area (Å²) >= 11 is 6.05. The molecule has 0 radical (unpaired) electrons. The van der Waals surface area contributed by atoms with E-state index in [-0.39, 0.29) is 5.84 Å². The number of aliphatic imine (C=N–C) groups is 1. The number of nitrogens with zero attached hydrogens (tertiary/aromatic N) is 8. The molecule has 10 heteroatoms. The lowest BCUT2D eigenvalue weighted by Gasteiger charge is -2.28. The van der Waals surface area contributed by atoms with Crippen molar-refractivity contribution in [2.45, 2.75) is 19.9 Å². The molecule has 0 saturated heterocycles. The lowest BCUT2D eigenvalue weighted by Crippen LogP contribution is -2.36. The number of halogens is 1. The van der Waals surface area contributed by atoms with Crippen LogP contribution in [0.25, 0.3) is 11.4 Å². The number of benzene rings is 1. The highest BCUT2D eigenvalue weighted by molar-refractivity contribution is 6.31. The number of hydrogen-bond acceptors (Lipinski definition) is 7. The van der Waals surface area contributed by atoms with Gasteiger partial charge < -0.3 is 10.1 Å². The summed E-state index contributed by atoms with van der Waals surface area (Å²) in [5.41, 5.74) is 2.38. The van der Waals surface area contributed by atoms with Crippen LogP contribution in [-0.2, 0) is 6.54 Å². The quantitative estimate of drug-likeness (QED) is 0.307. The molecule has 0 aliphatic carbocycles. The summed E-state index contributed by atoms with van der Waals surface area (Å²) in [6.45, 7) is 3.70. The Morgan fingerprint density at radius 1 is 1.21 bits per heavy atom. The SMILES string of the molecule is CC(=N/C(CN1CCCn2c(-c3cncnc3)nnc21)=N\O)c1cccc(Cl)c1. The van der Waals surface area contributed by atoms with Crippen molar-refractivity contribution >= 4 is 29.1 Å². The van der Waals surface area contributed by atoms with Gasteiger partial charge in [-0.25, -0.2) is 15.0 Å². The van der Waals surface area contributed by atoms with Crippen LogP contribution in [0.3, 0.4) is 0 Å². The third kappa shape index (κ3) is 4.09. The first-order valence-corrected chi connectivity index (χ1v) is 9.49. The van der Waals surface area contributed by atoms with E-state index in [2.05, 4.69) is 30.3 Å². The Balaban J connectivity index is 1.57. The molecule has 3 heterocycles. The predicted molar refractivity (Wildman–Crippen MR) is 111 cm³/mol. The van der Waals surface area contributed by atoms with Crippen LogP contribution in [0.15, 0.2) is 53.1 Å². The van der Waals surface area contributed by atoms with E-state index in [0.717, 1.165) is 30.6 Å². The van der Waals surface area contributed by atoms with E-state index in [1.165, 1.54) is 6.33 Å². The van der Waals surface area contributed by atoms with Crippen LogP contribution in [0.5, 0.6) is 0 Å². The number of amidine groups is 1. The highest BCUT2D eigenvalue weighted by Crippen LogP contribution is 2.25. The Bertz CT molecular complexity index is 1060. The lowest BCUT2D eigenvalue weighted by atomic mass is 10.1. The van der Waals surface area contributed by atoms with Crippen LogP contribution in [0.4, 0.5) is 5.95 Å². The fourth-order valence-electron chi connectivity index (χ4n) is 3.26. The van der Waals surface area contributed by atoms with Gasteiger partial charge in [0.25, 0.3) is 0 Å². The van der Waals surface area contributed by atoms with Gasteiger partial charge >= 0.3 is 0 Å². The van der Waals surface area contributed by atoms with Gasteiger partial charge in [-0.3, -0.25) is 4.57 Å². The van der Waals surface area contributed by atoms with Crippen LogP contribution in [0.1, 0.15) is 18.9 Å². The number of oxime groups is 1. The zero-order valence-corrected chi connectivity index (χ0v) is 16.5. The zero-order valence-electron chi connectivity index (χ0n) is 15.8. The van der Waals surface area contributed by atoms with Crippen LogP contribution < -0.4 is 4.90 Å². The van der Waals surface area contributed by atoms with Crippen molar-refractivity contribution in [1.82, 2.24) is 24.7 Å². The highest BCUT2D eigenvalue weighted by Gasteiger charge is 2.24. The number of aromatic nitrogens is 5. The van der Waals surface area contributed by atoms with Crippen molar-refractivity contribution in [3.8, 4) is 11.4 Å². The van der Waals surface area contributed by atoms with Gasteiger partial charge in [-0.2, -0.15) is 0 Å². The van der Waals surface area contributed by atoms with E-state index in [4.69, 9.17) is 11.6 Å². The van der Waals surface area contributed by atoms with Crippen LogP contribution >= 0.6 is 11.6 Å². The minimum atomic E-state index is 0.281. The Morgan fingerprint density at radius 3 is 2.79 bits per heavy atom. The molecule has 1 aromatic carbocycles. The molecule has 0 amide bonds. The summed E-state index contributed by atoms with van der Waals surface area (Å²) in [7, 11) is 0. The second-order valence-electron chi connectivity index (χ2n) is 6.60. The largest absolute Gasteiger partial charge is 0.409 e. The van der Waals surface area contributed by atoms with Crippen molar-refractivity contribution in [3.05, 3.63) is 53.6 Å². The first-order valence-electron chi connectivity index (χ1n) is 9.11. The number of rotatable bonds is 4. The maximum Gasteiger partial charge on any atom is 0.227 e. The molecule has 2 aromatic heterocycles. The van der Waals surface area contributed by atoms with Crippen molar-refractivity contribution < 1.29 is 5.21 Å². The molecule has 0 spiro atoms. The Morgan fingerprint density at radius 2 is 2.03 bits per heavy atom. The molecule has 0 saturated carbocycles. The van der Waals surface area contributed by atoms with Gasteiger partial charge in [0.05, 0.1) is 12.1 Å². The zero-order chi connectivity index (χ0) is 20.2. The Kier molecular flexibility index (Phi) is 5.48. The highest BCUT2D eigenvalue weighted by atomic mass is 35.5. The number of anilines is 1. The average molecular weight is 411 g/mol. The van der Waals surface area contributed by atoms with E-state index in [9.17, 15) is 5.21 Å². The fourth-order valence-corrected chi connectivity index (χ4v) is 3.45. The molecular weight excluding hydrogens is 392 g/mol. The normalized spacial score (nSPS) is 14.8. The molecule has 0 bridgehead atoms. The molecule has 4 rings (SSSR count). The van der Waals surface area contributed by atoms with E-state index in [1.54, 1.807) is 18.5 Å². The van der Waals surface area contributed by atoms with Crippen molar-refractivity contribution in [2.75, 3.05) is 18.0 Å². The molecule has 3 aromatic rings. The Hall–Kier alpha value is -3.33. The molecule has 0 unspecified atom stereocenters. The molecule has 9 nitrogen and oxygen atoms in total. The van der Waals surface area contributed by atoms with Gasteiger partial charge in [0.15, 0.2) is 11.7 Å². The van der Waals surface area contributed by atoms with Gasteiger partial charge in [-0.05, 0) is 31.0 Å². The Labute approximate surface area is 172 Å². The van der Waals surface area contributed by atoms with Gasteiger partial charge in [0.2, 0.25) is 5.95 Å². The van der Waals surface area contributed by atoms with Gasteiger partial charge in [-0.1, -0.05) is 28.9 Å². The van der Waals surface area contributed by atoms with Gasteiger partial charge in [-0.15, -0.1) is 10.2 Å². The smallest absolute Gasteiger partial charge is 0.227 e. The standard InChI is InChI=1S/C19H19ClN8O/c1-13(14-4-2-5-16(20)8-14)23-17(26-29)11-27-6-3-7-28-18(24-25-19(27)28)15-9-21-12-22-10-15/h2,4-5,8-10,12,29H,3,6-7,11H2,1H3/b23-13?,26-17-. The summed E-state index contributed by atoms with van der Waals surface area (Å²) in [5.74, 6) is 1.70. The molecule has 1 N–H and O–H groups in total. The average Bonchev–Trinajstić information content (AvgIpc) is 3.19. The summed E-state index contributed by atoms with van der Waals surface area (Å²) in [6.07, 6.45) is 5.81. The van der Waals surface area contributed by atoms with Crippen molar-refractivity contribution in [3.63, 3.8) is 0 Å². The van der Waals surface area contributed by atoms with Gasteiger partial charge in [0, 0.05) is 36.2 Å².